The van der Waals surface area contributed by atoms with Gasteiger partial charge < -0.3 is 10.2 Å². The molecule has 0 spiro atoms. The lowest BCUT2D eigenvalue weighted by molar-refractivity contribution is 0.366. The van der Waals surface area contributed by atoms with Crippen LogP contribution < -0.4 is 5.32 Å². The van der Waals surface area contributed by atoms with Gasteiger partial charge in [0.1, 0.15) is 0 Å². The number of thiophene rings is 1. The number of hydrogen-bond donors (Lipinski definition) is 1. The first kappa shape index (κ1) is 17.2. The second-order valence-corrected chi connectivity index (χ2v) is 8.05. The van der Waals surface area contributed by atoms with Crippen molar-refractivity contribution in [2.75, 3.05) is 27.7 Å². The molecule has 0 amide bonds. The van der Waals surface area contributed by atoms with Crippen molar-refractivity contribution in [3.05, 3.63) is 36.7 Å². The molecule has 0 bridgehead atoms. The van der Waals surface area contributed by atoms with E-state index in [-0.39, 0.29) is 6.04 Å². The maximum atomic E-state index is 6.31. The minimum atomic E-state index is -0.0553. The molecule has 0 fully saturated rings. The molecule has 2 aromatic rings. The predicted octanol–water partition coefficient (Wildman–Crippen LogP) is 3.88. The van der Waals surface area contributed by atoms with Crippen LogP contribution in [-0.2, 0) is 6.54 Å². The molecular weight excluding hydrogens is 395 g/mol. The van der Waals surface area contributed by atoms with Gasteiger partial charge in [-0.15, -0.1) is 11.3 Å². The fourth-order valence-corrected chi connectivity index (χ4v) is 4.18. The maximum Gasteiger partial charge on any atom is 0.0996 e. The van der Waals surface area contributed by atoms with Gasteiger partial charge in [-0.2, -0.15) is 5.10 Å². The van der Waals surface area contributed by atoms with Gasteiger partial charge in [-0.1, -0.05) is 23.2 Å². The Morgan fingerprint density at radius 3 is 2.71 bits per heavy atom. The molecule has 0 aromatic carbocycles. The van der Waals surface area contributed by atoms with Crippen LogP contribution >= 0.6 is 50.5 Å². The van der Waals surface area contributed by atoms with E-state index in [1.165, 1.54) is 11.3 Å². The molecule has 1 atom stereocenters. The van der Waals surface area contributed by atoms with Crippen molar-refractivity contribution in [2.45, 2.75) is 12.6 Å². The lowest BCUT2D eigenvalue weighted by atomic mass is 10.1. The summed E-state index contributed by atoms with van der Waals surface area (Å²) in [5.41, 5.74) is 2.03. The highest BCUT2D eigenvalue weighted by molar-refractivity contribution is 9.10. The Labute approximate surface area is 147 Å². The van der Waals surface area contributed by atoms with Crippen molar-refractivity contribution in [2.24, 2.45) is 0 Å². The first-order valence-corrected chi connectivity index (χ1v) is 8.78. The zero-order valence-corrected chi connectivity index (χ0v) is 15.9. The van der Waals surface area contributed by atoms with E-state index >= 15 is 0 Å². The van der Waals surface area contributed by atoms with Gasteiger partial charge in [0.2, 0.25) is 0 Å². The van der Waals surface area contributed by atoms with Crippen LogP contribution in [0.1, 0.15) is 17.3 Å². The molecule has 8 heteroatoms. The van der Waals surface area contributed by atoms with Crippen molar-refractivity contribution in [1.29, 1.82) is 0 Å². The Morgan fingerprint density at radius 2 is 2.19 bits per heavy atom. The van der Waals surface area contributed by atoms with Crippen LogP contribution in [-0.4, -0.2) is 42.4 Å². The van der Waals surface area contributed by atoms with E-state index in [9.17, 15) is 0 Å². The van der Waals surface area contributed by atoms with Gasteiger partial charge in [-0.05, 0) is 43.1 Å². The molecule has 0 saturated carbocycles. The largest absolute Gasteiger partial charge is 0.308 e. The zero-order chi connectivity index (χ0) is 15.6. The van der Waals surface area contributed by atoms with Crippen LogP contribution in [0.25, 0.3) is 0 Å². The van der Waals surface area contributed by atoms with Crippen molar-refractivity contribution in [1.82, 2.24) is 20.0 Å². The maximum absolute atomic E-state index is 6.31. The molecule has 2 rings (SSSR count). The molecule has 0 aliphatic rings. The summed E-state index contributed by atoms with van der Waals surface area (Å²) in [5, 5.41) is 7.75. The summed E-state index contributed by atoms with van der Waals surface area (Å²) in [5.74, 6) is 0. The average Bonchev–Trinajstić information content (AvgIpc) is 2.93. The fraction of sp³-hybridized carbons (Fsp3) is 0.462. The predicted molar refractivity (Wildman–Crippen MR) is 93.7 cm³/mol. The minimum absolute atomic E-state index is 0.0553. The Balaban J connectivity index is 2.38. The summed E-state index contributed by atoms with van der Waals surface area (Å²) >= 11 is 17.3. The van der Waals surface area contributed by atoms with Crippen LogP contribution in [0.3, 0.4) is 0 Å². The number of halogens is 3. The van der Waals surface area contributed by atoms with Gasteiger partial charge in [0.25, 0.3) is 0 Å². The van der Waals surface area contributed by atoms with Gasteiger partial charge in [0.15, 0.2) is 0 Å². The monoisotopic (exact) mass is 410 g/mol. The number of likely N-dealkylation sites (N-methyl/N-ethyl adjacent to an activating group) is 1. The summed E-state index contributed by atoms with van der Waals surface area (Å²) in [4.78, 5) is 2.13. The van der Waals surface area contributed by atoms with Crippen LogP contribution in [0.15, 0.2) is 16.7 Å². The number of hydrogen-bond acceptors (Lipinski definition) is 4. The summed E-state index contributed by atoms with van der Waals surface area (Å²) in [7, 11) is 5.99. The molecule has 2 heterocycles. The number of nitrogens with one attached hydrogen (secondary N) is 1. The molecule has 0 aliphatic carbocycles. The van der Waals surface area contributed by atoms with Crippen molar-refractivity contribution >= 4 is 50.5 Å². The quantitative estimate of drug-likeness (QED) is 0.782. The second kappa shape index (κ2) is 7.44. The highest BCUT2D eigenvalue weighted by Crippen LogP contribution is 2.39. The van der Waals surface area contributed by atoms with Crippen LogP contribution in [0.5, 0.6) is 0 Å². The van der Waals surface area contributed by atoms with Crippen molar-refractivity contribution in [3.63, 3.8) is 0 Å². The van der Waals surface area contributed by atoms with Crippen LogP contribution in [0.4, 0.5) is 0 Å². The molecule has 2 aromatic heterocycles. The Kier molecular flexibility index (Phi) is 6.11. The van der Waals surface area contributed by atoms with Crippen LogP contribution in [0, 0.1) is 0 Å². The lowest BCUT2D eigenvalue weighted by Crippen LogP contribution is -2.25. The highest BCUT2D eigenvalue weighted by Gasteiger charge is 2.24. The standard InChI is InChI=1S/C13H17BrCl2N4S/c1-17-11(8-6-10(15)21-13(8)16)12-9(14)7-18-20(12)5-4-19(2)3/h6-7,11,17H,4-5H2,1-3H3. The first-order valence-electron chi connectivity index (χ1n) is 6.42. The molecule has 4 nitrogen and oxygen atoms in total. The summed E-state index contributed by atoms with van der Waals surface area (Å²) < 4.78 is 4.34. The Bertz CT molecular complexity index is 611. The summed E-state index contributed by atoms with van der Waals surface area (Å²) in [6, 6.07) is 1.85. The van der Waals surface area contributed by atoms with Crippen molar-refractivity contribution in [3.8, 4) is 0 Å². The normalized spacial score (nSPS) is 13.1. The van der Waals surface area contributed by atoms with Gasteiger partial charge in [0, 0.05) is 12.1 Å². The molecule has 0 aliphatic heterocycles. The third-order valence-electron chi connectivity index (χ3n) is 3.15. The molecule has 0 saturated heterocycles. The third-order valence-corrected chi connectivity index (χ3v) is 5.28. The molecular formula is C13H17BrCl2N4S. The number of nitrogens with zero attached hydrogens (tertiary/aromatic N) is 3. The topological polar surface area (TPSA) is 33.1 Å². The summed E-state index contributed by atoms with van der Waals surface area (Å²) in [6.45, 7) is 1.72. The smallest absolute Gasteiger partial charge is 0.0996 e. The number of aromatic nitrogens is 2. The second-order valence-electron chi connectivity index (χ2n) is 4.91. The van der Waals surface area contributed by atoms with E-state index < -0.39 is 0 Å². The van der Waals surface area contributed by atoms with Crippen molar-refractivity contribution < 1.29 is 0 Å². The van der Waals surface area contributed by atoms with E-state index in [0.717, 1.165) is 28.8 Å². The molecule has 21 heavy (non-hydrogen) atoms. The van der Waals surface area contributed by atoms with E-state index in [1.54, 1.807) is 0 Å². The SMILES string of the molecule is CNC(c1cc(Cl)sc1Cl)c1c(Br)cnn1CCN(C)C. The highest BCUT2D eigenvalue weighted by atomic mass is 79.9. The van der Waals surface area contributed by atoms with Gasteiger partial charge in [-0.3, -0.25) is 4.68 Å². The minimum Gasteiger partial charge on any atom is -0.308 e. The first-order chi connectivity index (χ1) is 9.93. The van der Waals surface area contributed by atoms with E-state index in [4.69, 9.17) is 23.2 Å². The van der Waals surface area contributed by atoms with E-state index in [0.29, 0.717) is 8.67 Å². The Hall–Kier alpha value is -0.110. The van der Waals surface area contributed by atoms with Crippen LogP contribution in [0.2, 0.25) is 8.67 Å². The zero-order valence-electron chi connectivity index (χ0n) is 12.0. The van der Waals surface area contributed by atoms with Gasteiger partial charge in [-0.25, -0.2) is 0 Å². The molecule has 1 N–H and O–H groups in total. The lowest BCUT2D eigenvalue weighted by Gasteiger charge is -2.19. The fourth-order valence-electron chi connectivity index (χ4n) is 2.12. The Morgan fingerprint density at radius 1 is 1.48 bits per heavy atom. The molecule has 0 radical (unpaired) electrons. The summed E-state index contributed by atoms with van der Waals surface area (Å²) in [6.07, 6.45) is 1.82. The van der Waals surface area contributed by atoms with E-state index in [1.807, 2.05) is 38.1 Å². The third kappa shape index (κ3) is 4.00. The van der Waals surface area contributed by atoms with E-state index in [2.05, 4.69) is 31.2 Å². The average molecular weight is 412 g/mol. The molecule has 1 unspecified atom stereocenters. The van der Waals surface area contributed by atoms with Gasteiger partial charge >= 0.3 is 0 Å². The number of rotatable bonds is 6. The molecule has 116 valence electrons. The van der Waals surface area contributed by atoms with Gasteiger partial charge in [0.05, 0.1) is 37.6 Å².